The Hall–Kier alpha value is -2.70. The van der Waals surface area contributed by atoms with Crippen LogP contribution in [0.5, 0.6) is 0 Å². The van der Waals surface area contributed by atoms with E-state index >= 15 is 0 Å². The maximum absolute atomic E-state index is 13.6. The van der Waals surface area contributed by atoms with Gasteiger partial charge < -0.3 is 4.74 Å². The molecule has 6 heteroatoms. The van der Waals surface area contributed by atoms with Crippen molar-refractivity contribution in [3.63, 3.8) is 0 Å². The van der Waals surface area contributed by atoms with Gasteiger partial charge >= 0.3 is 0 Å². The van der Waals surface area contributed by atoms with Gasteiger partial charge in [0.15, 0.2) is 0 Å². The molecule has 0 amide bonds. The van der Waals surface area contributed by atoms with Crippen LogP contribution in [0.1, 0.15) is 52.7 Å². The molecule has 3 heterocycles. The van der Waals surface area contributed by atoms with E-state index < -0.39 is 0 Å². The van der Waals surface area contributed by atoms with Crippen molar-refractivity contribution in [1.29, 1.82) is 0 Å². The zero-order chi connectivity index (χ0) is 22.3. The van der Waals surface area contributed by atoms with Gasteiger partial charge in [-0.2, -0.15) is 0 Å². The van der Waals surface area contributed by atoms with Crippen LogP contribution >= 0.6 is 0 Å². The van der Waals surface area contributed by atoms with E-state index in [0.717, 1.165) is 68.0 Å². The molecule has 1 aliphatic heterocycles. The summed E-state index contributed by atoms with van der Waals surface area (Å²) in [6.45, 7) is 5.63. The molecule has 1 aliphatic rings. The second kappa shape index (κ2) is 10.7. The lowest BCUT2D eigenvalue weighted by Crippen LogP contribution is -2.32. The highest BCUT2D eigenvalue weighted by atomic mass is 19.1. The van der Waals surface area contributed by atoms with Crippen LogP contribution in [0.25, 0.3) is 0 Å². The molecular weight excluding hydrogens is 403 g/mol. The number of piperidine rings is 1. The zero-order valence-electron chi connectivity index (χ0n) is 18.9. The summed E-state index contributed by atoms with van der Waals surface area (Å²) in [5, 5.41) is 0. The van der Waals surface area contributed by atoms with Crippen LogP contribution in [0.4, 0.5) is 4.39 Å². The van der Waals surface area contributed by atoms with Gasteiger partial charge in [0.05, 0.1) is 6.61 Å². The summed E-state index contributed by atoms with van der Waals surface area (Å²) in [6, 6.07) is 11.2. The van der Waals surface area contributed by atoms with Crippen molar-refractivity contribution in [2.45, 2.75) is 45.1 Å². The van der Waals surface area contributed by atoms with Gasteiger partial charge in [0.2, 0.25) is 0 Å². The number of ether oxygens (including phenoxy) is 1. The number of likely N-dealkylation sites (tertiary alicyclic amines) is 1. The molecule has 0 N–H and O–H groups in total. The standard InChI is InChI=1S/C26H31FN4O/c1-19-12-21(13-20-4-3-5-24(27)14-20)15-25(30-19)23-6-9-31(10-7-23)18-22-16-28-26(29-17-22)8-11-32-2/h3-5,12,14-17,23H,6-11,13,18H2,1-2H3. The third-order valence-corrected chi connectivity index (χ3v) is 6.03. The van der Waals surface area contributed by atoms with Crippen molar-refractivity contribution < 1.29 is 9.13 Å². The van der Waals surface area contributed by atoms with E-state index in [-0.39, 0.29) is 5.82 Å². The van der Waals surface area contributed by atoms with E-state index in [1.54, 1.807) is 19.2 Å². The topological polar surface area (TPSA) is 51.1 Å². The lowest BCUT2D eigenvalue weighted by Gasteiger charge is -2.31. The SMILES string of the molecule is COCCc1ncc(CN2CCC(c3cc(Cc4cccc(F)c4)cc(C)n3)CC2)cn1. The van der Waals surface area contributed by atoms with Gasteiger partial charge in [0, 0.05) is 55.3 Å². The molecule has 0 unspecified atom stereocenters. The molecule has 1 aromatic carbocycles. The number of aromatic nitrogens is 3. The summed E-state index contributed by atoms with van der Waals surface area (Å²) < 4.78 is 18.6. The van der Waals surface area contributed by atoms with Crippen molar-refractivity contribution >= 4 is 0 Å². The molecule has 0 radical (unpaired) electrons. The highest BCUT2D eigenvalue weighted by Gasteiger charge is 2.22. The molecule has 0 spiro atoms. The summed E-state index contributed by atoms with van der Waals surface area (Å²) >= 11 is 0. The number of pyridine rings is 1. The Kier molecular flexibility index (Phi) is 7.55. The van der Waals surface area contributed by atoms with Gasteiger partial charge in [-0.1, -0.05) is 12.1 Å². The van der Waals surface area contributed by atoms with E-state index in [9.17, 15) is 4.39 Å². The first kappa shape index (κ1) is 22.5. The third-order valence-electron chi connectivity index (χ3n) is 6.03. The fraction of sp³-hybridized carbons (Fsp3) is 0.423. The van der Waals surface area contributed by atoms with Crippen molar-refractivity contribution in [3.05, 3.63) is 88.5 Å². The van der Waals surface area contributed by atoms with Crippen molar-refractivity contribution in [3.8, 4) is 0 Å². The van der Waals surface area contributed by atoms with Crippen molar-refractivity contribution in [2.75, 3.05) is 26.8 Å². The predicted octanol–water partition coefficient (Wildman–Crippen LogP) is 4.48. The number of methoxy groups -OCH3 is 1. The molecule has 3 aromatic rings. The number of rotatable bonds is 8. The normalized spacial score (nSPS) is 15.2. The Morgan fingerprint density at radius 3 is 2.53 bits per heavy atom. The molecule has 32 heavy (non-hydrogen) atoms. The van der Waals surface area contributed by atoms with Crippen LogP contribution in [-0.2, 0) is 24.1 Å². The fourth-order valence-electron chi connectivity index (χ4n) is 4.39. The Balaban J connectivity index is 1.34. The first-order chi connectivity index (χ1) is 15.6. The van der Waals surface area contributed by atoms with Crippen molar-refractivity contribution in [2.24, 2.45) is 0 Å². The number of halogens is 1. The van der Waals surface area contributed by atoms with E-state index in [2.05, 4.69) is 27.0 Å². The molecular formula is C26H31FN4O. The van der Waals surface area contributed by atoms with Gasteiger partial charge in [-0.15, -0.1) is 0 Å². The molecule has 0 saturated carbocycles. The number of aryl methyl sites for hydroxylation is 1. The summed E-state index contributed by atoms with van der Waals surface area (Å²) in [6.07, 6.45) is 7.52. The maximum Gasteiger partial charge on any atom is 0.130 e. The third kappa shape index (κ3) is 6.17. The van der Waals surface area contributed by atoms with E-state index in [1.807, 2.05) is 25.4 Å². The van der Waals surface area contributed by atoms with E-state index in [0.29, 0.717) is 12.5 Å². The first-order valence-corrected chi connectivity index (χ1v) is 11.3. The molecule has 5 nitrogen and oxygen atoms in total. The highest BCUT2D eigenvalue weighted by molar-refractivity contribution is 5.30. The number of benzene rings is 1. The molecule has 1 saturated heterocycles. The van der Waals surface area contributed by atoms with Crippen LogP contribution in [-0.4, -0.2) is 46.7 Å². The first-order valence-electron chi connectivity index (χ1n) is 11.3. The minimum absolute atomic E-state index is 0.184. The number of hydrogen-bond donors (Lipinski definition) is 0. The molecule has 0 atom stereocenters. The Morgan fingerprint density at radius 2 is 1.81 bits per heavy atom. The smallest absolute Gasteiger partial charge is 0.130 e. The Morgan fingerprint density at radius 1 is 1.03 bits per heavy atom. The summed E-state index contributed by atoms with van der Waals surface area (Å²) in [4.78, 5) is 16.2. The average molecular weight is 435 g/mol. The monoisotopic (exact) mass is 434 g/mol. The fourth-order valence-corrected chi connectivity index (χ4v) is 4.39. The summed E-state index contributed by atoms with van der Waals surface area (Å²) in [7, 11) is 1.69. The van der Waals surface area contributed by atoms with Gasteiger partial charge in [-0.25, -0.2) is 14.4 Å². The van der Waals surface area contributed by atoms with E-state index in [1.165, 1.54) is 17.3 Å². The minimum atomic E-state index is -0.184. The second-order valence-corrected chi connectivity index (χ2v) is 8.65. The van der Waals surface area contributed by atoms with Gasteiger partial charge in [-0.3, -0.25) is 9.88 Å². The summed E-state index contributed by atoms with van der Waals surface area (Å²) in [5.41, 5.74) is 5.54. The molecule has 4 rings (SSSR count). The lowest BCUT2D eigenvalue weighted by molar-refractivity contribution is 0.199. The largest absolute Gasteiger partial charge is 0.384 e. The Bertz CT molecular complexity index is 1020. The molecule has 0 bridgehead atoms. The molecule has 168 valence electrons. The van der Waals surface area contributed by atoms with Gasteiger partial charge in [0.25, 0.3) is 0 Å². The predicted molar refractivity (Wildman–Crippen MR) is 123 cm³/mol. The molecule has 1 fully saturated rings. The quantitative estimate of drug-likeness (QED) is 0.523. The Labute approximate surface area is 189 Å². The van der Waals surface area contributed by atoms with Crippen molar-refractivity contribution in [1.82, 2.24) is 19.9 Å². The lowest BCUT2D eigenvalue weighted by atomic mass is 9.91. The number of hydrogen-bond acceptors (Lipinski definition) is 5. The zero-order valence-corrected chi connectivity index (χ0v) is 18.9. The highest BCUT2D eigenvalue weighted by Crippen LogP contribution is 2.29. The van der Waals surface area contributed by atoms with Crippen LogP contribution < -0.4 is 0 Å². The van der Waals surface area contributed by atoms with Crippen LogP contribution in [0, 0.1) is 12.7 Å². The number of nitrogens with zero attached hydrogens (tertiary/aromatic N) is 4. The van der Waals surface area contributed by atoms with Gasteiger partial charge in [0.1, 0.15) is 11.6 Å². The average Bonchev–Trinajstić information content (AvgIpc) is 2.79. The van der Waals surface area contributed by atoms with Gasteiger partial charge in [-0.05, 0) is 74.7 Å². The molecule has 2 aromatic heterocycles. The minimum Gasteiger partial charge on any atom is -0.384 e. The van der Waals surface area contributed by atoms with Crippen LogP contribution in [0.3, 0.4) is 0 Å². The second-order valence-electron chi connectivity index (χ2n) is 8.65. The van der Waals surface area contributed by atoms with Crippen LogP contribution in [0.2, 0.25) is 0 Å². The maximum atomic E-state index is 13.6. The molecule has 0 aliphatic carbocycles. The van der Waals surface area contributed by atoms with Crippen LogP contribution in [0.15, 0.2) is 48.8 Å². The summed E-state index contributed by atoms with van der Waals surface area (Å²) in [5.74, 6) is 1.11. The van der Waals surface area contributed by atoms with E-state index in [4.69, 9.17) is 9.72 Å².